The fourth-order valence-electron chi connectivity index (χ4n) is 2.65. The van der Waals surface area contributed by atoms with Gasteiger partial charge in [-0.2, -0.15) is 5.26 Å². The van der Waals surface area contributed by atoms with E-state index in [1.807, 2.05) is 0 Å². The minimum absolute atomic E-state index is 0.0509. The Bertz CT molecular complexity index is 672. The number of nitrogens with one attached hydrogen (secondary N) is 2. The topological polar surface area (TPSA) is 99.1 Å². The lowest BCUT2D eigenvalue weighted by molar-refractivity contribution is -0.120. The van der Waals surface area contributed by atoms with E-state index in [1.54, 1.807) is 30.3 Å². The van der Waals surface area contributed by atoms with Crippen molar-refractivity contribution in [3.63, 3.8) is 0 Å². The van der Waals surface area contributed by atoms with E-state index in [4.69, 9.17) is 5.26 Å². The van der Waals surface area contributed by atoms with Crippen LogP contribution in [0.25, 0.3) is 0 Å². The van der Waals surface area contributed by atoms with E-state index < -0.39 is 10.0 Å². The maximum atomic E-state index is 12.3. The zero-order valence-corrected chi connectivity index (χ0v) is 13.7. The fraction of sp³-hybridized carbons (Fsp3) is 0.500. The summed E-state index contributed by atoms with van der Waals surface area (Å²) in [6.45, 7) is 0.424. The minimum Gasteiger partial charge on any atom is -0.355 e. The number of carbonyl (C=O) groups excluding carboxylic acids is 1. The highest BCUT2D eigenvalue weighted by atomic mass is 32.2. The first-order chi connectivity index (χ1) is 11.0. The smallest absolute Gasteiger partial charge is 0.240 e. The number of amides is 1. The van der Waals surface area contributed by atoms with Gasteiger partial charge in [0.25, 0.3) is 0 Å². The number of hydrogen-bond acceptors (Lipinski definition) is 4. The summed E-state index contributed by atoms with van der Waals surface area (Å²) in [4.78, 5) is 11.4. The molecule has 0 heterocycles. The van der Waals surface area contributed by atoms with Gasteiger partial charge in [0.2, 0.25) is 15.9 Å². The Balaban J connectivity index is 1.88. The molecule has 1 aliphatic rings. The van der Waals surface area contributed by atoms with E-state index in [-0.39, 0.29) is 23.3 Å². The zero-order chi connectivity index (χ0) is 16.7. The molecule has 0 aromatic heterocycles. The predicted molar refractivity (Wildman–Crippen MR) is 86.0 cm³/mol. The number of benzene rings is 1. The zero-order valence-electron chi connectivity index (χ0n) is 12.9. The van der Waals surface area contributed by atoms with E-state index in [0.29, 0.717) is 13.0 Å². The monoisotopic (exact) mass is 335 g/mol. The average Bonchev–Trinajstić information content (AvgIpc) is 3.00. The molecule has 1 saturated carbocycles. The molecule has 2 N–H and O–H groups in total. The molecule has 1 fully saturated rings. The van der Waals surface area contributed by atoms with Crippen LogP contribution in [0.5, 0.6) is 0 Å². The van der Waals surface area contributed by atoms with Crippen LogP contribution in [0.1, 0.15) is 37.7 Å². The molecule has 23 heavy (non-hydrogen) atoms. The standard InChI is InChI=1S/C16H21N3O3S/c17-11-9-16(20)18-12-10-13-5-7-15(8-6-13)23(21,22)19-14-3-1-2-4-14/h5-8,14,19H,1-4,9-10,12H2,(H,18,20). The number of nitriles is 1. The second-order valence-electron chi connectivity index (χ2n) is 5.68. The second-order valence-corrected chi connectivity index (χ2v) is 7.40. The Morgan fingerprint density at radius 2 is 1.87 bits per heavy atom. The van der Waals surface area contributed by atoms with Crippen molar-refractivity contribution in [2.75, 3.05) is 6.54 Å². The molecule has 2 rings (SSSR count). The summed E-state index contributed by atoms with van der Waals surface area (Å²) in [6.07, 6.45) is 4.39. The number of carbonyl (C=O) groups is 1. The van der Waals surface area contributed by atoms with Crippen LogP contribution in [-0.4, -0.2) is 26.9 Å². The first kappa shape index (κ1) is 17.4. The van der Waals surface area contributed by atoms with Gasteiger partial charge >= 0.3 is 0 Å². The fourth-order valence-corrected chi connectivity index (χ4v) is 3.95. The molecule has 7 heteroatoms. The van der Waals surface area contributed by atoms with Gasteiger partial charge in [-0.15, -0.1) is 0 Å². The lowest BCUT2D eigenvalue weighted by Crippen LogP contribution is -2.32. The Kier molecular flexibility index (Phi) is 6.13. The first-order valence-electron chi connectivity index (χ1n) is 7.76. The van der Waals surface area contributed by atoms with Crippen molar-refractivity contribution in [2.45, 2.75) is 49.5 Å². The second kappa shape index (κ2) is 8.09. The van der Waals surface area contributed by atoms with Crippen molar-refractivity contribution in [3.05, 3.63) is 29.8 Å². The Labute approximate surface area is 136 Å². The van der Waals surface area contributed by atoms with Crippen molar-refractivity contribution >= 4 is 15.9 Å². The molecule has 0 atom stereocenters. The third-order valence-corrected chi connectivity index (χ3v) is 5.42. The average molecular weight is 335 g/mol. The number of sulfonamides is 1. The van der Waals surface area contributed by atoms with E-state index in [0.717, 1.165) is 31.2 Å². The molecule has 124 valence electrons. The summed E-state index contributed by atoms with van der Waals surface area (Å²) in [5.74, 6) is -0.299. The van der Waals surface area contributed by atoms with Gasteiger partial charge in [-0.3, -0.25) is 4.79 Å². The van der Waals surface area contributed by atoms with Gasteiger partial charge in [-0.1, -0.05) is 25.0 Å². The largest absolute Gasteiger partial charge is 0.355 e. The van der Waals surface area contributed by atoms with Crippen molar-refractivity contribution in [1.29, 1.82) is 5.26 Å². The summed E-state index contributed by atoms with van der Waals surface area (Å²) in [5, 5.41) is 11.0. The van der Waals surface area contributed by atoms with E-state index >= 15 is 0 Å². The van der Waals surface area contributed by atoms with Gasteiger partial charge < -0.3 is 5.32 Å². The summed E-state index contributed by atoms with van der Waals surface area (Å²) in [7, 11) is -3.46. The maximum Gasteiger partial charge on any atom is 0.240 e. The molecule has 0 radical (unpaired) electrons. The van der Waals surface area contributed by atoms with Crippen molar-refractivity contribution in [3.8, 4) is 6.07 Å². The molecule has 0 saturated heterocycles. The number of hydrogen-bond donors (Lipinski definition) is 2. The number of nitrogens with zero attached hydrogens (tertiary/aromatic N) is 1. The van der Waals surface area contributed by atoms with E-state index in [1.165, 1.54) is 0 Å². The van der Waals surface area contributed by atoms with Crippen LogP contribution in [0, 0.1) is 11.3 Å². The first-order valence-corrected chi connectivity index (χ1v) is 9.24. The van der Waals surface area contributed by atoms with Crippen molar-refractivity contribution < 1.29 is 13.2 Å². The van der Waals surface area contributed by atoms with Crippen LogP contribution in [0.15, 0.2) is 29.2 Å². The van der Waals surface area contributed by atoms with Crippen LogP contribution in [-0.2, 0) is 21.2 Å². The van der Waals surface area contributed by atoms with Crippen LogP contribution in [0.4, 0.5) is 0 Å². The molecule has 0 aliphatic heterocycles. The molecule has 0 bridgehead atoms. The Morgan fingerprint density at radius 1 is 1.22 bits per heavy atom. The summed E-state index contributed by atoms with van der Waals surface area (Å²) in [5.41, 5.74) is 0.932. The molecule has 0 unspecified atom stereocenters. The van der Waals surface area contributed by atoms with E-state index in [9.17, 15) is 13.2 Å². The number of rotatable bonds is 7. The van der Waals surface area contributed by atoms with Crippen LogP contribution < -0.4 is 10.0 Å². The predicted octanol–water partition coefficient (Wildman–Crippen LogP) is 1.48. The molecule has 1 aromatic rings. The third kappa shape index (κ3) is 5.34. The van der Waals surface area contributed by atoms with Crippen LogP contribution in [0.3, 0.4) is 0 Å². The van der Waals surface area contributed by atoms with Gasteiger partial charge in [0.15, 0.2) is 0 Å². The van der Waals surface area contributed by atoms with Crippen LogP contribution in [0.2, 0.25) is 0 Å². The van der Waals surface area contributed by atoms with E-state index in [2.05, 4.69) is 10.0 Å². The van der Waals surface area contributed by atoms with Gasteiger partial charge in [0, 0.05) is 12.6 Å². The summed E-state index contributed by atoms with van der Waals surface area (Å²) in [6, 6.07) is 8.51. The van der Waals surface area contributed by atoms with Gasteiger partial charge in [0.05, 0.1) is 11.0 Å². The van der Waals surface area contributed by atoms with Crippen molar-refractivity contribution in [2.24, 2.45) is 0 Å². The highest BCUT2D eigenvalue weighted by molar-refractivity contribution is 7.89. The quantitative estimate of drug-likeness (QED) is 0.788. The van der Waals surface area contributed by atoms with Crippen molar-refractivity contribution in [1.82, 2.24) is 10.0 Å². The Hall–Kier alpha value is -1.91. The molecule has 0 spiro atoms. The SMILES string of the molecule is N#CCC(=O)NCCc1ccc(S(=O)(=O)NC2CCCC2)cc1. The maximum absolute atomic E-state index is 12.3. The molecular weight excluding hydrogens is 314 g/mol. The lowest BCUT2D eigenvalue weighted by Gasteiger charge is -2.12. The van der Waals surface area contributed by atoms with Gasteiger partial charge in [-0.05, 0) is 37.0 Å². The molecule has 1 aromatic carbocycles. The molecule has 1 aliphatic carbocycles. The highest BCUT2D eigenvalue weighted by Gasteiger charge is 2.22. The minimum atomic E-state index is -3.46. The molecule has 6 nitrogen and oxygen atoms in total. The lowest BCUT2D eigenvalue weighted by atomic mass is 10.1. The normalized spacial score (nSPS) is 15.3. The summed E-state index contributed by atoms with van der Waals surface area (Å²) < 4.78 is 27.3. The third-order valence-electron chi connectivity index (χ3n) is 3.89. The van der Waals surface area contributed by atoms with Gasteiger partial charge in [0.1, 0.15) is 6.42 Å². The van der Waals surface area contributed by atoms with Crippen LogP contribution >= 0.6 is 0 Å². The Morgan fingerprint density at radius 3 is 2.48 bits per heavy atom. The van der Waals surface area contributed by atoms with Gasteiger partial charge in [-0.25, -0.2) is 13.1 Å². The highest BCUT2D eigenvalue weighted by Crippen LogP contribution is 2.20. The molecular formula is C16H21N3O3S. The molecule has 1 amide bonds. The summed E-state index contributed by atoms with van der Waals surface area (Å²) >= 11 is 0.